The van der Waals surface area contributed by atoms with Crippen molar-refractivity contribution in [3.8, 4) is 0 Å². The summed E-state index contributed by atoms with van der Waals surface area (Å²) < 4.78 is 23.6. The molecule has 7 heteroatoms. The summed E-state index contributed by atoms with van der Waals surface area (Å²) in [6.07, 6.45) is 1.35. The van der Waals surface area contributed by atoms with Gasteiger partial charge in [0, 0.05) is 20.7 Å². The Bertz CT molecular complexity index is 595. The minimum Gasteiger partial charge on any atom is -0.229 e. The van der Waals surface area contributed by atoms with Crippen molar-refractivity contribution in [3.05, 3.63) is 33.8 Å². The lowest BCUT2D eigenvalue weighted by Crippen LogP contribution is -2.37. The van der Waals surface area contributed by atoms with Crippen LogP contribution in [0.5, 0.6) is 0 Å². The van der Waals surface area contributed by atoms with E-state index in [0.717, 1.165) is 5.56 Å². The lowest BCUT2D eigenvalue weighted by molar-refractivity contribution is 0.253. The maximum Gasteiger partial charge on any atom is 0.150 e. The summed E-state index contributed by atoms with van der Waals surface area (Å²) in [5.74, 6) is 0.621. The van der Waals surface area contributed by atoms with Crippen molar-refractivity contribution in [2.75, 3.05) is 22.2 Å². The van der Waals surface area contributed by atoms with Gasteiger partial charge in [-0.15, -0.1) is 0 Å². The lowest BCUT2D eigenvalue weighted by Gasteiger charge is -2.36. The number of halogens is 4. The van der Waals surface area contributed by atoms with Crippen molar-refractivity contribution in [3.63, 3.8) is 0 Å². The molecule has 1 unspecified atom stereocenters. The molecule has 1 saturated heterocycles. The Morgan fingerprint density at radius 3 is 2.19 bits per heavy atom. The maximum atomic E-state index is 11.8. The van der Waals surface area contributed by atoms with Crippen molar-refractivity contribution in [1.82, 2.24) is 0 Å². The average Bonchev–Trinajstić information content (AvgIpc) is 2.80. The van der Waals surface area contributed by atoms with Gasteiger partial charge in [-0.25, -0.2) is 8.42 Å². The van der Waals surface area contributed by atoms with Crippen LogP contribution in [0.4, 0.5) is 0 Å². The minimum absolute atomic E-state index is 0.105. The van der Waals surface area contributed by atoms with Crippen LogP contribution in [0.2, 0.25) is 10.0 Å². The van der Waals surface area contributed by atoms with Gasteiger partial charge in [-0.2, -0.15) is 0 Å². The molecule has 0 aromatic heterocycles. The summed E-state index contributed by atoms with van der Waals surface area (Å²) in [5, 5.41) is 2.67. The van der Waals surface area contributed by atoms with Crippen LogP contribution in [0.3, 0.4) is 0 Å². The fourth-order valence-corrected chi connectivity index (χ4v) is 7.54. The van der Waals surface area contributed by atoms with E-state index in [1.54, 1.807) is 0 Å². The van der Waals surface area contributed by atoms with Gasteiger partial charge in [0.05, 0.1) is 11.5 Å². The third-order valence-corrected chi connectivity index (χ3v) is 8.93. The first-order chi connectivity index (χ1) is 9.83. The van der Waals surface area contributed by atoms with E-state index in [4.69, 9.17) is 23.2 Å². The van der Waals surface area contributed by atoms with Crippen LogP contribution in [0.15, 0.2) is 18.2 Å². The number of sulfone groups is 1. The third kappa shape index (κ3) is 3.97. The smallest absolute Gasteiger partial charge is 0.150 e. The van der Waals surface area contributed by atoms with E-state index >= 15 is 0 Å². The molecule has 1 aliphatic rings. The molecule has 2 nitrogen and oxygen atoms in total. The Hall–Kier alpha value is 0.710. The van der Waals surface area contributed by atoms with Crippen LogP contribution >= 0.6 is 55.1 Å². The number of alkyl halides is 2. The van der Waals surface area contributed by atoms with Crippen molar-refractivity contribution in [2.45, 2.75) is 12.8 Å². The van der Waals surface area contributed by atoms with Crippen LogP contribution < -0.4 is 0 Å². The fraction of sp³-hybridized carbons (Fsp3) is 0.571. The summed E-state index contributed by atoms with van der Waals surface area (Å²) in [6.45, 7) is 0. The molecule has 0 radical (unpaired) electrons. The molecule has 0 N–H and O–H groups in total. The van der Waals surface area contributed by atoms with Crippen LogP contribution in [0, 0.1) is 11.3 Å². The topological polar surface area (TPSA) is 34.1 Å². The molecule has 1 aromatic rings. The predicted molar refractivity (Wildman–Crippen MR) is 96.9 cm³/mol. The molecular weight excluding hydrogens is 463 g/mol. The van der Waals surface area contributed by atoms with Crippen LogP contribution in [-0.2, 0) is 16.3 Å². The van der Waals surface area contributed by atoms with Gasteiger partial charge in [0.1, 0.15) is 0 Å². The van der Waals surface area contributed by atoms with Crippen molar-refractivity contribution in [1.29, 1.82) is 0 Å². The Kier molecular flexibility index (Phi) is 6.09. The molecular formula is C14H16Br2Cl2O2S. The molecule has 1 aromatic carbocycles. The minimum atomic E-state index is -2.92. The molecule has 1 aliphatic heterocycles. The van der Waals surface area contributed by atoms with Gasteiger partial charge < -0.3 is 0 Å². The van der Waals surface area contributed by atoms with Crippen molar-refractivity contribution < 1.29 is 8.42 Å². The molecule has 0 amide bonds. The molecule has 118 valence electrons. The largest absolute Gasteiger partial charge is 0.229 e. The Labute approximate surface area is 152 Å². The first kappa shape index (κ1) is 18.1. The van der Waals surface area contributed by atoms with Crippen LogP contribution in [0.1, 0.15) is 12.0 Å². The van der Waals surface area contributed by atoms with Gasteiger partial charge in [0.15, 0.2) is 9.84 Å². The van der Waals surface area contributed by atoms with E-state index in [2.05, 4.69) is 31.9 Å². The summed E-state index contributed by atoms with van der Waals surface area (Å²) in [7, 11) is -2.92. The first-order valence-corrected chi connectivity index (χ1v) is 11.4. The van der Waals surface area contributed by atoms with Gasteiger partial charge in [-0.1, -0.05) is 61.1 Å². The second kappa shape index (κ2) is 7.08. The molecule has 0 aliphatic carbocycles. The summed E-state index contributed by atoms with van der Waals surface area (Å²) in [4.78, 5) is 0. The highest BCUT2D eigenvalue weighted by Gasteiger charge is 2.44. The standard InChI is InChI=1S/C14H16Br2Cl2O2S/c15-8-14(9-16,10-4-5-21(19,20)7-10)6-11-12(17)2-1-3-13(11)18/h1-3,10H,4-9H2. The monoisotopic (exact) mass is 476 g/mol. The van der Waals surface area contributed by atoms with E-state index in [-0.39, 0.29) is 22.8 Å². The van der Waals surface area contributed by atoms with Crippen LogP contribution in [-0.4, -0.2) is 30.6 Å². The molecule has 0 saturated carbocycles. The molecule has 1 atom stereocenters. The number of hydrogen-bond donors (Lipinski definition) is 0. The fourth-order valence-electron chi connectivity index (χ4n) is 2.82. The Balaban J connectivity index is 2.35. The summed E-state index contributed by atoms with van der Waals surface area (Å²) in [6, 6.07) is 5.46. The zero-order valence-corrected chi connectivity index (χ0v) is 16.8. The van der Waals surface area contributed by atoms with Gasteiger partial charge in [-0.05, 0) is 41.9 Å². The van der Waals surface area contributed by atoms with Crippen molar-refractivity contribution >= 4 is 64.9 Å². The van der Waals surface area contributed by atoms with E-state index in [9.17, 15) is 8.42 Å². The van der Waals surface area contributed by atoms with Gasteiger partial charge >= 0.3 is 0 Å². The van der Waals surface area contributed by atoms with Gasteiger partial charge in [0.2, 0.25) is 0 Å². The number of hydrogen-bond acceptors (Lipinski definition) is 2. The number of rotatable bonds is 5. The highest BCUT2D eigenvalue weighted by molar-refractivity contribution is 9.09. The zero-order valence-electron chi connectivity index (χ0n) is 11.3. The first-order valence-electron chi connectivity index (χ1n) is 6.59. The molecule has 1 heterocycles. The van der Waals surface area contributed by atoms with E-state index < -0.39 is 9.84 Å². The normalized spacial score (nSPS) is 21.6. The van der Waals surface area contributed by atoms with E-state index in [0.29, 0.717) is 33.5 Å². The Morgan fingerprint density at radius 1 is 1.19 bits per heavy atom. The van der Waals surface area contributed by atoms with E-state index in [1.165, 1.54) is 0 Å². The molecule has 21 heavy (non-hydrogen) atoms. The summed E-state index contributed by atoms with van der Waals surface area (Å²) >= 11 is 19.7. The number of benzene rings is 1. The zero-order chi connectivity index (χ0) is 15.7. The highest BCUT2D eigenvalue weighted by Crippen LogP contribution is 2.44. The molecule has 1 fully saturated rings. The van der Waals surface area contributed by atoms with Crippen molar-refractivity contribution in [2.24, 2.45) is 11.3 Å². The highest BCUT2D eigenvalue weighted by atomic mass is 79.9. The maximum absolute atomic E-state index is 11.8. The quantitative estimate of drug-likeness (QED) is 0.572. The van der Waals surface area contributed by atoms with Gasteiger partial charge in [0.25, 0.3) is 0 Å². The van der Waals surface area contributed by atoms with Gasteiger partial charge in [-0.3, -0.25) is 0 Å². The molecule has 0 bridgehead atoms. The van der Waals surface area contributed by atoms with E-state index in [1.807, 2.05) is 18.2 Å². The second-order valence-electron chi connectivity index (χ2n) is 5.61. The molecule has 0 spiro atoms. The SMILES string of the molecule is O=S1(=O)CCC(C(CBr)(CBr)Cc2c(Cl)cccc2Cl)C1. The predicted octanol–water partition coefficient (Wildman–Crippen LogP) is 4.75. The summed E-state index contributed by atoms with van der Waals surface area (Å²) in [5.41, 5.74) is 0.683. The third-order valence-electron chi connectivity index (χ3n) is 4.22. The Morgan fingerprint density at radius 2 is 1.76 bits per heavy atom. The molecule has 2 rings (SSSR count). The van der Waals surface area contributed by atoms with Crippen LogP contribution in [0.25, 0.3) is 0 Å². The average molecular weight is 479 g/mol. The second-order valence-corrected chi connectivity index (χ2v) is 9.77. The lowest BCUT2D eigenvalue weighted by atomic mass is 9.74.